The van der Waals surface area contributed by atoms with Crippen molar-refractivity contribution >= 4 is 27.0 Å². The van der Waals surface area contributed by atoms with Crippen molar-refractivity contribution in [3.63, 3.8) is 0 Å². The minimum Gasteiger partial charge on any atom is -0.398 e. The Morgan fingerprint density at radius 1 is 1.53 bits per heavy atom. The number of thiophene rings is 1. The van der Waals surface area contributed by atoms with Crippen LogP contribution >= 0.6 is 11.3 Å². The second-order valence-electron chi connectivity index (χ2n) is 4.18. The molecule has 1 unspecified atom stereocenters. The van der Waals surface area contributed by atoms with Crippen molar-refractivity contribution in [2.24, 2.45) is 5.92 Å². The summed E-state index contributed by atoms with van der Waals surface area (Å²) in [7, 11) is -3.53. The first kappa shape index (κ1) is 14.4. The topological polar surface area (TPSA) is 92.4 Å². The molecule has 0 aromatic carbocycles. The first-order chi connectivity index (χ1) is 7.86. The van der Waals surface area contributed by atoms with Gasteiger partial charge < -0.3 is 10.8 Å². The third-order valence-electron chi connectivity index (χ3n) is 2.41. The average Bonchev–Trinajstić information content (AvgIpc) is 2.64. The quantitative estimate of drug-likeness (QED) is 0.724. The Kier molecular flexibility index (Phi) is 4.93. The van der Waals surface area contributed by atoms with Gasteiger partial charge in [0, 0.05) is 23.7 Å². The summed E-state index contributed by atoms with van der Waals surface area (Å²) in [5.74, 6) is 0.120. The molecule has 0 radical (unpaired) electrons. The van der Waals surface area contributed by atoms with E-state index in [0.29, 0.717) is 12.1 Å². The minimum atomic E-state index is -3.53. The third kappa shape index (κ3) is 3.95. The van der Waals surface area contributed by atoms with E-state index < -0.39 is 10.0 Å². The summed E-state index contributed by atoms with van der Waals surface area (Å²) in [6.07, 6.45) is 0.401. The zero-order valence-electron chi connectivity index (χ0n) is 9.88. The fraction of sp³-hybridized carbons (Fsp3) is 0.600. The Bertz CT molecular complexity index is 454. The molecular weight excluding hydrogens is 260 g/mol. The predicted octanol–water partition coefficient (Wildman–Crippen LogP) is 1.02. The summed E-state index contributed by atoms with van der Waals surface area (Å²) in [6, 6.07) is 1.16. The first-order valence-corrected chi connectivity index (χ1v) is 7.70. The molecule has 0 amide bonds. The highest BCUT2D eigenvalue weighted by Gasteiger charge is 2.23. The van der Waals surface area contributed by atoms with E-state index >= 15 is 0 Å². The zero-order valence-corrected chi connectivity index (χ0v) is 11.5. The largest absolute Gasteiger partial charge is 0.398 e. The van der Waals surface area contributed by atoms with Crippen LogP contribution in [0.4, 0.5) is 5.69 Å². The Morgan fingerprint density at radius 2 is 2.18 bits per heavy atom. The van der Waals surface area contributed by atoms with Crippen molar-refractivity contribution in [2.75, 3.05) is 12.3 Å². The molecule has 0 aliphatic rings. The summed E-state index contributed by atoms with van der Waals surface area (Å²) in [5.41, 5.74) is 5.95. The van der Waals surface area contributed by atoms with Crippen LogP contribution in [0.3, 0.4) is 0 Å². The molecule has 4 N–H and O–H groups in total. The maximum Gasteiger partial charge on any atom is 0.250 e. The molecule has 1 atom stereocenters. The van der Waals surface area contributed by atoms with Crippen LogP contribution in [0.5, 0.6) is 0 Å². The average molecular weight is 278 g/mol. The van der Waals surface area contributed by atoms with Crippen LogP contribution in [0.1, 0.15) is 20.3 Å². The summed E-state index contributed by atoms with van der Waals surface area (Å²) in [6.45, 7) is 3.77. The fourth-order valence-electron chi connectivity index (χ4n) is 1.40. The molecule has 1 aromatic rings. The number of nitrogens with two attached hydrogens (primary N) is 1. The number of sulfonamides is 1. The van der Waals surface area contributed by atoms with Gasteiger partial charge in [0.2, 0.25) is 10.0 Å². The normalized spacial score (nSPS) is 14.1. The van der Waals surface area contributed by atoms with E-state index in [1.54, 1.807) is 5.38 Å². The highest BCUT2D eigenvalue weighted by molar-refractivity contribution is 7.91. The van der Waals surface area contributed by atoms with Crippen molar-refractivity contribution in [2.45, 2.75) is 30.5 Å². The minimum absolute atomic E-state index is 0.0437. The van der Waals surface area contributed by atoms with Crippen LogP contribution in [0.25, 0.3) is 0 Å². The molecule has 5 nitrogen and oxygen atoms in total. The van der Waals surface area contributed by atoms with Crippen LogP contribution in [0, 0.1) is 5.92 Å². The van der Waals surface area contributed by atoms with E-state index in [1.807, 2.05) is 13.8 Å². The molecule has 0 bridgehead atoms. The second-order valence-corrected chi connectivity index (χ2v) is 7.04. The number of nitrogens with one attached hydrogen (secondary N) is 1. The maximum absolute atomic E-state index is 12.0. The van der Waals surface area contributed by atoms with Crippen molar-refractivity contribution in [3.8, 4) is 0 Å². The van der Waals surface area contributed by atoms with Gasteiger partial charge in [-0.15, -0.1) is 11.3 Å². The van der Waals surface area contributed by atoms with Gasteiger partial charge in [-0.05, 0) is 18.4 Å². The number of aliphatic hydroxyl groups is 1. The third-order valence-corrected chi connectivity index (χ3v) is 5.36. The van der Waals surface area contributed by atoms with E-state index in [2.05, 4.69) is 4.72 Å². The molecule has 1 aromatic heterocycles. The number of aliphatic hydroxyl groups excluding tert-OH is 1. The highest BCUT2D eigenvalue weighted by atomic mass is 32.2. The second kappa shape index (κ2) is 5.81. The van der Waals surface area contributed by atoms with Gasteiger partial charge >= 0.3 is 0 Å². The van der Waals surface area contributed by atoms with Crippen molar-refractivity contribution in [3.05, 3.63) is 11.4 Å². The van der Waals surface area contributed by atoms with Gasteiger partial charge in [0.05, 0.1) is 0 Å². The van der Waals surface area contributed by atoms with E-state index in [4.69, 9.17) is 10.8 Å². The summed E-state index contributed by atoms with van der Waals surface area (Å²) in [5, 5.41) is 10.5. The van der Waals surface area contributed by atoms with Crippen LogP contribution in [-0.2, 0) is 10.0 Å². The fourth-order valence-corrected chi connectivity index (χ4v) is 3.91. The molecule has 98 valence electrons. The summed E-state index contributed by atoms with van der Waals surface area (Å²) in [4.78, 5) is 0. The predicted molar refractivity (Wildman–Crippen MR) is 69.4 cm³/mol. The van der Waals surface area contributed by atoms with Crippen molar-refractivity contribution in [1.82, 2.24) is 4.72 Å². The SMILES string of the molecule is CC(C)C(CCO)NS(=O)(=O)c1cc(N)cs1. The zero-order chi connectivity index (χ0) is 13.1. The monoisotopic (exact) mass is 278 g/mol. The Hall–Kier alpha value is -0.630. The van der Waals surface area contributed by atoms with Gasteiger partial charge in [-0.1, -0.05) is 13.8 Å². The van der Waals surface area contributed by atoms with Crippen LogP contribution in [0.15, 0.2) is 15.7 Å². The molecule has 1 rings (SSSR count). The molecule has 0 fully saturated rings. The van der Waals surface area contributed by atoms with Gasteiger partial charge in [-0.25, -0.2) is 13.1 Å². The molecule has 17 heavy (non-hydrogen) atoms. The molecule has 0 saturated heterocycles. The first-order valence-electron chi connectivity index (χ1n) is 5.34. The smallest absolute Gasteiger partial charge is 0.250 e. The lowest BCUT2D eigenvalue weighted by molar-refractivity contribution is 0.256. The number of anilines is 1. The number of hydrogen-bond acceptors (Lipinski definition) is 5. The molecule has 7 heteroatoms. The molecule has 0 aliphatic carbocycles. The Labute approximate surface area is 106 Å². The van der Waals surface area contributed by atoms with Crippen LogP contribution in [-0.4, -0.2) is 26.2 Å². The van der Waals surface area contributed by atoms with Crippen molar-refractivity contribution in [1.29, 1.82) is 0 Å². The van der Waals surface area contributed by atoms with E-state index in [0.717, 1.165) is 11.3 Å². The number of rotatable bonds is 6. The lowest BCUT2D eigenvalue weighted by atomic mass is 10.0. The molecule has 0 saturated carbocycles. The maximum atomic E-state index is 12.0. The Balaban J connectivity index is 2.84. The van der Waals surface area contributed by atoms with Crippen LogP contribution in [0.2, 0.25) is 0 Å². The van der Waals surface area contributed by atoms with E-state index in [9.17, 15) is 8.42 Å². The van der Waals surface area contributed by atoms with E-state index in [1.165, 1.54) is 6.07 Å². The van der Waals surface area contributed by atoms with Gasteiger partial charge in [0.25, 0.3) is 0 Å². The van der Waals surface area contributed by atoms with E-state index in [-0.39, 0.29) is 22.8 Å². The number of hydrogen-bond donors (Lipinski definition) is 3. The van der Waals surface area contributed by atoms with Crippen LogP contribution < -0.4 is 10.5 Å². The highest BCUT2D eigenvalue weighted by Crippen LogP contribution is 2.22. The Morgan fingerprint density at radius 3 is 2.59 bits per heavy atom. The standard InChI is InChI=1S/C10H18N2O3S2/c1-7(2)9(3-4-13)12-17(14,15)10-5-8(11)6-16-10/h5-7,9,12-13H,3-4,11H2,1-2H3. The summed E-state index contributed by atoms with van der Waals surface area (Å²) < 4.78 is 26.8. The number of nitrogen functional groups attached to an aromatic ring is 1. The van der Waals surface area contributed by atoms with Gasteiger partial charge in [-0.2, -0.15) is 0 Å². The molecule has 0 spiro atoms. The molecular formula is C10H18N2O3S2. The van der Waals surface area contributed by atoms with Gasteiger partial charge in [0.15, 0.2) is 0 Å². The molecule has 1 heterocycles. The lowest BCUT2D eigenvalue weighted by Gasteiger charge is -2.20. The summed E-state index contributed by atoms with van der Waals surface area (Å²) >= 11 is 1.09. The lowest BCUT2D eigenvalue weighted by Crippen LogP contribution is -2.38. The van der Waals surface area contributed by atoms with Crippen molar-refractivity contribution < 1.29 is 13.5 Å². The van der Waals surface area contributed by atoms with Gasteiger partial charge in [0.1, 0.15) is 4.21 Å². The van der Waals surface area contributed by atoms with Gasteiger partial charge in [-0.3, -0.25) is 0 Å². The molecule has 0 aliphatic heterocycles.